The maximum atomic E-state index is 8.49. The predicted molar refractivity (Wildman–Crippen MR) is 84.4 cm³/mol. The molecule has 2 atom stereocenters. The molecule has 2 aromatic rings. The zero-order valence-electron chi connectivity index (χ0n) is 12.5. The Hall–Kier alpha value is -1.90. The van der Waals surface area contributed by atoms with Gasteiger partial charge in [-0.1, -0.05) is 12.1 Å². The molecule has 21 heavy (non-hydrogen) atoms. The first-order valence-corrected chi connectivity index (χ1v) is 7.70. The summed E-state index contributed by atoms with van der Waals surface area (Å²) in [6.45, 7) is 6.39. The Balaban J connectivity index is 1.96. The number of benzene rings is 1. The van der Waals surface area contributed by atoms with Crippen LogP contribution in [0.25, 0.3) is 0 Å². The van der Waals surface area contributed by atoms with E-state index in [0.717, 1.165) is 10.8 Å². The molecule has 0 saturated carbocycles. The van der Waals surface area contributed by atoms with Crippen LogP contribution in [-0.2, 0) is 0 Å². The Morgan fingerprint density at radius 1 is 1.29 bits per heavy atom. The summed E-state index contributed by atoms with van der Waals surface area (Å²) in [4.78, 5) is 5.64. The van der Waals surface area contributed by atoms with Gasteiger partial charge in [-0.25, -0.2) is 4.98 Å². The van der Waals surface area contributed by atoms with Gasteiger partial charge in [0.15, 0.2) is 6.61 Å². The van der Waals surface area contributed by atoms with E-state index in [1.165, 1.54) is 10.4 Å². The lowest BCUT2D eigenvalue weighted by Gasteiger charge is -2.19. The Bertz CT molecular complexity index is 615. The molecule has 0 bridgehead atoms. The number of hydrogen-bond acceptors (Lipinski definition) is 5. The minimum absolute atomic E-state index is 0.0770. The van der Waals surface area contributed by atoms with E-state index in [2.05, 4.69) is 31.1 Å². The van der Waals surface area contributed by atoms with Gasteiger partial charge in [-0.15, -0.1) is 11.3 Å². The average Bonchev–Trinajstić information content (AvgIpc) is 2.92. The largest absolute Gasteiger partial charge is 0.479 e. The van der Waals surface area contributed by atoms with Crippen LogP contribution < -0.4 is 10.1 Å². The molecular formula is C16H19N3OS. The predicted octanol–water partition coefficient (Wildman–Crippen LogP) is 3.77. The van der Waals surface area contributed by atoms with Gasteiger partial charge < -0.3 is 10.1 Å². The van der Waals surface area contributed by atoms with Crippen molar-refractivity contribution in [2.24, 2.45) is 0 Å². The molecule has 1 aromatic carbocycles. The molecule has 0 aliphatic rings. The van der Waals surface area contributed by atoms with Crippen LogP contribution in [0.1, 0.15) is 41.4 Å². The third-order valence-electron chi connectivity index (χ3n) is 3.19. The van der Waals surface area contributed by atoms with Crippen molar-refractivity contribution in [1.29, 1.82) is 5.26 Å². The lowest BCUT2D eigenvalue weighted by molar-refractivity contribution is 0.368. The highest BCUT2D eigenvalue weighted by Crippen LogP contribution is 2.24. The average molecular weight is 301 g/mol. The van der Waals surface area contributed by atoms with Crippen molar-refractivity contribution < 1.29 is 4.74 Å². The molecule has 0 aliphatic heterocycles. The molecule has 0 spiro atoms. The van der Waals surface area contributed by atoms with E-state index in [1.807, 2.05) is 36.5 Å². The smallest absolute Gasteiger partial charge is 0.174 e. The van der Waals surface area contributed by atoms with E-state index in [4.69, 9.17) is 10.00 Å². The Morgan fingerprint density at radius 3 is 2.57 bits per heavy atom. The van der Waals surface area contributed by atoms with Crippen LogP contribution in [0.3, 0.4) is 0 Å². The number of ether oxygens (including phenoxy) is 1. The Morgan fingerprint density at radius 2 is 2.00 bits per heavy atom. The standard InChI is InChI=1S/C16H19N3OS/c1-11-10-18-16(21-11)13(3)19-12(2)14-4-6-15(7-5-14)20-9-8-17/h4-7,10,12-13,19H,9H2,1-3H3. The number of nitrogens with zero attached hydrogens (tertiary/aromatic N) is 2. The summed E-state index contributed by atoms with van der Waals surface area (Å²) >= 11 is 1.72. The highest BCUT2D eigenvalue weighted by Gasteiger charge is 2.13. The molecule has 5 heteroatoms. The minimum Gasteiger partial charge on any atom is -0.479 e. The van der Waals surface area contributed by atoms with E-state index in [0.29, 0.717) is 0 Å². The maximum absolute atomic E-state index is 8.49. The SMILES string of the molecule is Cc1cnc(C(C)NC(C)c2ccc(OCC#N)cc2)s1. The second-order valence-corrected chi connectivity index (χ2v) is 6.20. The highest BCUT2D eigenvalue weighted by molar-refractivity contribution is 7.11. The van der Waals surface area contributed by atoms with E-state index >= 15 is 0 Å². The molecule has 1 heterocycles. The number of aryl methyl sites for hydroxylation is 1. The van der Waals surface area contributed by atoms with Crippen LogP contribution in [-0.4, -0.2) is 11.6 Å². The van der Waals surface area contributed by atoms with Crippen LogP contribution in [0.5, 0.6) is 5.75 Å². The molecule has 0 amide bonds. The van der Waals surface area contributed by atoms with Crippen LogP contribution in [0.2, 0.25) is 0 Å². The fourth-order valence-corrected chi connectivity index (χ4v) is 2.87. The first kappa shape index (κ1) is 15.5. The molecule has 0 aliphatic carbocycles. The monoisotopic (exact) mass is 301 g/mol. The van der Waals surface area contributed by atoms with Gasteiger partial charge in [-0.3, -0.25) is 0 Å². The van der Waals surface area contributed by atoms with Crippen molar-refractivity contribution >= 4 is 11.3 Å². The molecule has 4 nitrogen and oxygen atoms in total. The first-order chi connectivity index (χ1) is 10.1. The third-order valence-corrected chi connectivity index (χ3v) is 4.29. The van der Waals surface area contributed by atoms with Gasteiger partial charge in [0.2, 0.25) is 0 Å². The molecule has 1 N–H and O–H groups in total. The van der Waals surface area contributed by atoms with Gasteiger partial charge in [-0.05, 0) is 38.5 Å². The molecule has 2 unspecified atom stereocenters. The van der Waals surface area contributed by atoms with E-state index in [9.17, 15) is 0 Å². The molecule has 0 fully saturated rings. The van der Waals surface area contributed by atoms with Gasteiger partial charge in [-0.2, -0.15) is 5.26 Å². The summed E-state index contributed by atoms with van der Waals surface area (Å²) in [7, 11) is 0. The van der Waals surface area contributed by atoms with Crippen LogP contribution in [0.15, 0.2) is 30.5 Å². The fourth-order valence-electron chi connectivity index (χ4n) is 2.08. The number of thiazole rings is 1. The van der Waals surface area contributed by atoms with E-state index < -0.39 is 0 Å². The zero-order chi connectivity index (χ0) is 15.2. The minimum atomic E-state index is 0.0770. The van der Waals surface area contributed by atoms with Crippen molar-refractivity contribution in [2.45, 2.75) is 32.9 Å². The first-order valence-electron chi connectivity index (χ1n) is 6.88. The second kappa shape index (κ2) is 7.21. The van der Waals surface area contributed by atoms with Crippen LogP contribution in [0, 0.1) is 18.3 Å². The number of nitrogens with one attached hydrogen (secondary N) is 1. The maximum Gasteiger partial charge on any atom is 0.174 e. The van der Waals surface area contributed by atoms with E-state index in [-0.39, 0.29) is 18.7 Å². The number of aromatic nitrogens is 1. The molecular weight excluding hydrogens is 282 g/mol. The molecule has 0 radical (unpaired) electrons. The summed E-state index contributed by atoms with van der Waals surface area (Å²) < 4.78 is 5.25. The molecule has 2 rings (SSSR count). The van der Waals surface area contributed by atoms with Gasteiger partial charge in [0.25, 0.3) is 0 Å². The van der Waals surface area contributed by atoms with Crippen molar-refractivity contribution in [2.75, 3.05) is 6.61 Å². The Kier molecular flexibility index (Phi) is 5.32. The second-order valence-electron chi connectivity index (χ2n) is 4.94. The van der Waals surface area contributed by atoms with Gasteiger partial charge >= 0.3 is 0 Å². The topological polar surface area (TPSA) is 57.9 Å². The molecule has 110 valence electrons. The zero-order valence-corrected chi connectivity index (χ0v) is 13.3. The normalized spacial score (nSPS) is 13.4. The number of rotatable bonds is 6. The lowest BCUT2D eigenvalue weighted by Crippen LogP contribution is -2.22. The summed E-state index contributed by atoms with van der Waals surface area (Å²) in [5.74, 6) is 0.719. The number of hydrogen-bond donors (Lipinski definition) is 1. The van der Waals surface area contributed by atoms with Crippen molar-refractivity contribution in [1.82, 2.24) is 10.3 Å². The lowest BCUT2D eigenvalue weighted by atomic mass is 10.1. The van der Waals surface area contributed by atoms with Crippen molar-refractivity contribution in [3.05, 3.63) is 45.9 Å². The molecule has 0 saturated heterocycles. The fraction of sp³-hybridized carbons (Fsp3) is 0.375. The molecule has 1 aromatic heterocycles. The van der Waals surface area contributed by atoms with Gasteiger partial charge in [0, 0.05) is 17.1 Å². The van der Waals surface area contributed by atoms with Crippen LogP contribution >= 0.6 is 11.3 Å². The summed E-state index contributed by atoms with van der Waals surface area (Å²) in [5.41, 5.74) is 1.18. The summed E-state index contributed by atoms with van der Waals surface area (Å²) in [6, 6.07) is 10.2. The summed E-state index contributed by atoms with van der Waals surface area (Å²) in [5, 5.41) is 13.1. The Labute approximate surface area is 129 Å². The van der Waals surface area contributed by atoms with Gasteiger partial charge in [0.1, 0.15) is 16.8 Å². The van der Waals surface area contributed by atoms with Crippen molar-refractivity contribution in [3.63, 3.8) is 0 Å². The van der Waals surface area contributed by atoms with E-state index in [1.54, 1.807) is 11.3 Å². The highest BCUT2D eigenvalue weighted by atomic mass is 32.1. The van der Waals surface area contributed by atoms with Gasteiger partial charge in [0.05, 0.1) is 6.04 Å². The quantitative estimate of drug-likeness (QED) is 0.882. The third kappa shape index (κ3) is 4.28. The van der Waals surface area contributed by atoms with Crippen LogP contribution in [0.4, 0.5) is 0 Å². The van der Waals surface area contributed by atoms with Crippen molar-refractivity contribution in [3.8, 4) is 11.8 Å². The number of nitriles is 1. The summed E-state index contributed by atoms with van der Waals surface area (Å²) in [6.07, 6.45) is 1.91.